The van der Waals surface area contributed by atoms with Crippen molar-refractivity contribution in [1.29, 1.82) is 0 Å². The maximum atomic E-state index is 13.9. The van der Waals surface area contributed by atoms with Gasteiger partial charge in [-0.15, -0.1) is 0 Å². The fourth-order valence-electron chi connectivity index (χ4n) is 4.80. The van der Waals surface area contributed by atoms with Crippen LogP contribution in [0.2, 0.25) is 0 Å². The van der Waals surface area contributed by atoms with Crippen LogP contribution in [-0.2, 0) is 11.3 Å². The van der Waals surface area contributed by atoms with Crippen molar-refractivity contribution in [2.75, 3.05) is 39.5 Å². The van der Waals surface area contributed by atoms with E-state index in [1.165, 1.54) is 5.56 Å². The molecule has 3 aromatic rings. The van der Waals surface area contributed by atoms with Crippen molar-refractivity contribution in [3.63, 3.8) is 0 Å². The van der Waals surface area contributed by atoms with Gasteiger partial charge in [-0.05, 0) is 81.6 Å². The third-order valence-corrected chi connectivity index (χ3v) is 6.61. The van der Waals surface area contributed by atoms with Crippen LogP contribution in [0.25, 0.3) is 10.9 Å². The zero-order chi connectivity index (χ0) is 24.1. The molecule has 0 aliphatic carbocycles. The van der Waals surface area contributed by atoms with E-state index in [4.69, 9.17) is 9.47 Å². The Balaban J connectivity index is 1.35. The van der Waals surface area contributed by atoms with Gasteiger partial charge < -0.3 is 19.1 Å². The summed E-state index contributed by atoms with van der Waals surface area (Å²) in [6.07, 6.45) is 4.22. The highest BCUT2D eigenvalue weighted by atomic mass is 19.1. The number of piperidine rings is 1. The Kier molecular flexibility index (Phi) is 7.85. The molecule has 2 heterocycles. The van der Waals surface area contributed by atoms with Gasteiger partial charge in [0.2, 0.25) is 0 Å². The summed E-state index contributed by atoms with van der Waals surface area (Å²) in [6.45, 7) is 8.92. The van der Waals surface area contributed by atoms with Crippen LogP contribution in [0.15, 0.2) is 42.6 Å². The number of carbonyl (C=O) groups is 1. The Morgan fingerprint density at radius 2 is 1.91 bits per heavy atom. The van der Waals surface area contributed by atoms with E-state index in [2.05, 4.69) is 15.7 Å². The lowest BCUT2D eigenvalue weighted by atomic mass is 9.89. The van der Waals surface area contributed by atoms with E-state index in [0.29, 0.717) is 38.0 Å². The molecular formula is C27H33FN2O4. The summed E-state index contributed by atoms with van der Waals surface area (Å²) < 4.78 is 27.4. The van der Waals surface area contributed by atoms with Crippen molar-refractivity contribution >= 4 is 16.9 Å². The van der Waals surface area contributed by atoms with E-state index in [9.17, 15) is 14.3 Å². The van der Waals surface area contributed by atoms with E-state index in [1.807, 2.05) is 26.0 Å². The summed E-state index contributed by atoms with van der Waals surface area (Å²) in [4.78, 5) is 13.8. The van der Waals surface area contributed by atoms with Crippen LogP contribution in [0.1, 0.15) is 47.2 Å². The van der Waals surface area contributed by atoms with Crippen molar-refractivity contribution in [3.05, 3.63) is 65.1 Å². The molecule has 4 rings (SSSR count). The van der Waals surface area contributed by atoms with E-state index < -0.39 is 5.97 Å². The lowest BCUT2D eigenvalue weighted by Gasteiger charge is -2.31. The molecule has 1 saturated heterocycles. The van der Waals surface area contributed by atoms with Crippen molar-refractivity contribution in [2.45, 2.75) is 39.2 Å². The molecule has 0 unspecified atom stereocenters. The topological polar surface area (TPSA) is 63.9 Å². The molecule has 0 atom stereocenters. The molecule has 0 spiro atoms. The SMILES string of the molecule is CCOCCn1cc(C2CCN(CCOc3ccc(C)cc3C(=O)O)CC2)c2ccc(F)cc21. The van der Waals surface area contributed by atoms with Gasteiger partial charge >= 0.3 is 5.97 Å². The number of ether oxygens (including phenoxy) is 2. The van der Waals surface area contributed by atoms with Crippen LogP contribution in [0.4, 0.5) is 4.39 Å². The average molecular weight is 469 g/mol. The predicted molar refractivity (Wildman–Crippen MR) is 130 cm³/mol. The second-order valence-electron chi connectivity index (χ2n) is 8.91. The second kappa shape index (κ2) is 11.0. The third-order valence-electron chi connectivity index (χ3n) is 6.61. The molecule has 0 amide bonds. The van der Waals surface area contributed by atoms with E-state index >= 15 is 0 Å². The number of halogens is 1. The third kappa shape index (κ3) is 5.59. The highest BCUT2D eigenvalue weighted by Gasteiger charge is 2.24. The predicted octanol–water partition coefficient (Wildman–Crippen LogP) is 5.08. The number of fused-ring (bicyclic) bond motifs is 1. The number of hydrogen-bond acceptors (Lipinski definition) is 4. The number of likely N-dealkylation sites (tertiary alicyclic amines) is 1. The number of rotatable bonds is 10. The maximum Gasteiger partial charge on any atom is 0.339 e. The zero-order valence-corrected chi connectivity index (χ0v) is 19.9. The minimum atomic E-state index is -0.972. The van der Waals surface area contributed by atoms with Gasteiger partial charge in [-0.2, -0.15) is 0 Å². The number of aromatic carboxylic acids is 1. The van der Waals surface area contributed by atoms with Gasteiger partial charge in [-0.3, -0.25) is 4.90 Å². The first-order valence-corrected chi connectivity index (χ1v) is 12.0. The quantitative estimate of drug-likeness (QED) is 0.420. The minimum absolute atomic E-state index is 0.205. The maximum absolute atomic E-state index is 13.9. The van der Waals surface area contributed by atoms with E-state index in [-0.39, 0.29) is 11.4 Å². The molecule has 2 aromatic carbocycles. The summed E-state index contributed by atoms with van der Waals surface area (Å²) in [7, 11) is 0. The van der Waals surface area contributed by atoms with Gasteiger partial charge in [0.25, 0.3) is 0 Å². The van der Waals surface area contributed by atoms with Gasteiger partial charge in [0.05, 0.1) is 12.1 Å². The minimum Gasteiger partial charge on any atom is -0.491 e. The number of aromatic nitrogens is 1. The Morgan fingerprint density at radius 3 is 2.65 bits per heavy atom. The van der Waals surface area contributed by atoms with Gasteiger partial charge in [-0.1, -0.05) is 11.6 Å². The molecule has 1 aliphatic rings. The molecule has 182 valence electrons. The van der Waals surface area contributed by atoms with E-state index in [0.717, 1.165) is 48.9 Å². The zero-order valence-electron chi connectivity index (χ0n) is 19.9. The fraction of sp³-hybridized carbons (Fsp3) is 0.444. The van der Waals surface area contributed by atoms with Crippen molar-refractivity contribution < 1.29 is 23.8 Å². The summed E-state index contributed by atoms with van der Waals surface area (Å²) in [5.41, 5.74) is 3.32. The number of nitrogens with zero attached hydrogens (tertiary/aromatic N) is 2. The number of benzene rings is 2. The molecule has 1 fully saturated rings. The second-order valence-corrected chi connectivity index (χ2v) is 8.91. The van der Waals surface area contributed by atoms with Crippen LogP contribution in [0.5, 0.6) is 5.75 Å². The van der Waals surface area contributed by atoms with Gasteiger partial charge in [-0.25, -0.2) is 9.18 Å². The van der Waals surface area contributed by atoms with Crippen molar-refractivity contribution in [3.8, 4) is 5.75 Å². The summed E-state index contributed by atoms with van der Waals surface area (Å²) in [5, 5.41) is 10.5. The highest BCUT2D eigenvalue weighted by Crippen LogP contribution is 2.35. The van der Waals surface area contributed by atoms with Crippen LogP contribution in [0.3, 0.4) is 0 Å². The number of carboxylic acid groups (broad SMARTS) is 1. The Labute approximate surface area is 199 Å². The monoisotopic (exact) mass is 468 g/mol. The molecule has 6 nitrogen and oxygen atoms in total. The Hall–Kier alpha value is -2.90. The van der Waals surface area contributed by atoms with E-state index in [1.54, 1.807) is 24.3 Å². The summed E-state index contributed by atoms with van der Waals surface area (Å²) in [6, 6.07) is 10.3. The molecule has 1 aromatic heterocycles. The van der Waals surface area contributed by atoms with Crippen LogP contribution in [-0.4, -0.2) is 60.0 Å². The first-order chi connectivity index (χ1) is 16.5. The summed E-state index contributed by atoms with van der Waals surface area (Å²) in [5.74, 6) is -0.349. The average Bonchev–Trinajstić information content (AvgIpc) is 3.18. The lowest BCUT2D eigenvalue weighted by molar-refractivity contribution is 0.0691. The molecule has 0 bridgehead atoms. The number of carboxylic acids is 1. The molecule has 34 heavy (non-hydrogen) atoms. The first kappa shape index (κ1) is 24.2. The molecule has 0 saturated carbocycles. The lowest BCUT2D eigenvalue weighted by Crippen LogP contribution is -2.35. The highest BCUT2D eigenvalue weighted by molar-refractivity contribution is 5.91. The molecule has 1 N–H and O–H groups in total. The number of aryl methyl sites for hydroxylation is 1. The Bertz CT molecular complexity index is 1140. The molecule has 7 heteroatoms. The normalized spacial score (nSPS) is 15.1. The van der Waals surface area contributed by atoms with Crippen LogP contribution < -0.4 is 4.74 Å². The fourth-order valence-corrected chi connectivity index (χ4v) is 4.80. The number of hydrogen-bond donors (Lipinski definition) is 1. The van der Waals surface area contributed by atoms with Gasteiger partial charge in [0, 0.05) is 31.3 Å². The Morgan fingerprint density at radius 1 is 1.12 bits per heavy atom. The molecule has 1 aliphatic heterocycles. The smallest absolute Gasteiger partial charge is 0.339 e. The van der Waals surface area contributed by atoms with Crippen LogP contribution in [0, 0.1) is 12.7 Å². The summed E-state index contributed by atoms with van der Waals surface area (Å²) >= 11 is 0. The first-order valence-electron chi connectivity index (χ1n) is 12.0. The molecular weight excluding hydrogens is 435 g/mol. The molecule has 0 radical (unpaired) electrons. The van der Waals surface area contributed by atoms with Gasteiger partial charge in [0.1, 0.15) is 23.7 Å². The van der Waals surface area contributed by atoms with Crippen molar-refractivity contribution in [2.24, 2.45) is 0 Å². The van der Waals surface area contributed by atoms with Crippen molar-refractivity contribution in [1.82, 2.24) is 9.47 Å². The standard InChI is InChI=1S/C27H33FN2O4/c1-3-33-14-13-30-18-24(22-6-5-21(28)17-25(22)30)20-8-10-29(11-9-20)12-15-34-26-7-4-19(2)16-23(26)27(31)32/h4-7,16-18,20H,3,8-15H2,1-2H3,(H,31,32). The largest absolute Gasteiger partial charge is 0.491 e. The van der Waals surface area contributed by atoms with Gasteiger partial charge in [0.15, 0.2) is 0 Å². The van der Waals surface area contributed by atoms with Crippen LogP contribution >= 0.6 is 0 Å².